The summed E-state index contributed by atoms with van der Waals surface area (Å²) in [4.78, 5) is 13.6. The average molecular weight is 258 g/mol. The number of rotatable bonds is 3. The predicted octanol–water partition coefficient (Wildman–Crippen LogP) is 1.99. The number of hydrogen-bond donors (Lipinski definition) is 1. The number of furan rings is 1. The molecule has 100 valence electrons. The lowest BCUT2D eigenvalue weighted by molar-refractivity contribution is -0.122. The molecule has 0 saturated carbocycles. The molecular formula is C15H18N2O2. The van der Waals surface area contributed by atoms with Gasteiger partial charge in [0.25, 0.3) is 0 Å². The molecular weight excluding hydrogens is 240 g/mol. The first-order chi connectivity index (χ1) is 9.15. The highest BCUT2D eigenvalue weighted by molar-refractivity contribution is 5.81. The summed E-state index contributed by atoms with van der Waals surface area (Å²) in [5.41, 5.74) is 7.52. The Bertz CT molecular complexity index is 605. The summed E-state index contributed by atoms with van der Waals surface area (Å²) in [6.07, 6.45) is 1.81. The molecule has 4 nitrogen and oxygen atoms in total. The first kappa shape index (κ1) is 12.2. The Morgan fingerprint density at radius 2 is 2.21 bits per heavy atom. The highest BCUT2D eigenvalue weighted by atomic mass is 16.3. The van der Waals surface area contributed by atoms with E-state index < -0.39 is 0 Å². The zero-order valence-electron chi connectivity index (χ0n) is 11.0. The summed E-state index contributed by atoms with van der Waals surface area (Å²) < 4.78 is 5.54. The quantitative estimate of drug-likeness (QED) is 0.915. The Morgan fingerprint density at radius 1 is 1.42 bits per heavy atom. The summed E-state index contributed by atoms with van der Waals surface area (Å²) in [6.45, 7) is 4.55. The highest BCUT2D eigenvalue weighted by Gasteiger charge is 2.33. The third-order valence-electron chi connectivity index (χ3n) is 4.01. The molecule has 0 unspecified atom stereocenters. The van der Waals surface area contributed by atoms with E-state index in [2.05, 4.69) is 17.9 Å². The number of carbonyl (C=O) groups excluding carboxylic acids is 1. The molecule has 2 heterocycles. The van der Waals surface area contributed by atoms with Crippen LogP contribution in [-0.4, -0.2) is 23.9 Å². The van der Waals surface area contributed by atoms with E-state index >= 15 is 0 Å². The Balaban J connectivity index is 1.78. The van der Waals surface area contributed by atoms with E-state index in [9.17, 15) is 4.79 Å². The summed E-state index contributed by atoms with van der Waals surface area (Å²) in [6, 6.07) is 8.02. The fraction of sp³-hybridized carbons (Fsp3) is 0.400. The molecule has 0 spiro atoms. The number of fused-ring (bicyclic) bond motifs is 1. The summed E-state index contributed by atoms with van der Waals surface area (Å²) in [7, 11) is 0. The van der Waals surface area contributed by atoms with E-state index in [1.54, 1.807) is 0 Å². The molecule has 0 bridgehead atoms. The molecule has 1 fully saturated rings. The Kier molecular flexibility index (Phi) is 3.03. The lowest BCUT2D eigenvalue weighted by Crippen LogP contribution is -2.29. The van der Waals surface area contributed by atoms with Gasteiger partial charge in [-0.15, -0.1) is 0 Å². The highest BCUT2D eigenvalue weighted by Crippen LogP contribution is 2.27. The molecule has 2 aromatic rings. The van der Waals surface area contributed by atoms with Crippen molar-refractivity contribution in [2.45, 2.75) is 13.5 Å². The molecule has 1 aliphatic rings. The summed E-state index contributed by atoms with van der Waals surface area (Å²) in [5.74, 6) is 0.112. The van der Waals surface area contributed by atoms with Crippen LogP contribution in [0.15, 0.2) is 34.9 Å². The van der Waals surface area contributed by atoms with Crippen molar-refractivity contribution < 1.29 is 9.21 Å². The van der Waals surface area contributed by atoms with Crippen LogP contribution in [0.1, 0.15) is 12.5 Å². The largest absolute Gasteiger partial charge is 0.464 e. The maximum absolute atomic E-state index is 11.3. The first-order valence-corrected chi connectivity index (χ1v) is 6.62. The molecule has 1 aromatic carbocycles. The normalized spacial score (nSPS) is 24.1. The van der Waals surface area contributed by atoms with E-state index in [4.69, 9.17) is 10.2 Å². The standard InChI is InChI=1S/C15H18N2O2/c1-10-6-17(8-13(10)15(16)18)7-11-9-19-14-5-3-2-4-12(11)14/h2-5,9-10,13H,6-8H2,1H3,(H2,16,18)/t10-,13-/m1/s1. The van der Waals surface area contributed by atoms with E-state index in [-0.39, 0.29) is 11.8 Å². The van der Waals surface area contributed by atoms with Gasteiger partial charge in [-0.2, -0.15) is 0 Å². The molecule has 0 aliphatic carbocycles. The van der Waals surface area contributed by atoms with Crippen molar-refractivity contribution in [1.82, 2.24) is 4.90 Å². The third-order valence-corrected chi connectivity index (χ3v) is 4.01. The van der Waals surface area contributed by atoms with Gasteiger partial charge in [0.1, 0.15) is 5.58 Å². The van der Waals surface area contributed by atoms with Crippen molar-refractivity contribution in [3.8, 4) is 0 Å². The van der Waals surface area contributed by atoms with Crippen molar-refractivity contribution in [3.05, 3.63) is 36.1 Å². The van der Waals surface area contributed by atoms with Crippen LogP contribution >= 0.6 is 0 Å². The number of nitrogens with two attached hydrogens (primary N) is 1. The Hall–Kier alpha value is -1.81. The van der Waals surface area contributed by atoms with Gasteiger partial charge >= 0.3 is 0 Å². The van der Waals surface area contributed by atoms with E-state index in [0.717, 1.165) is 30.6 Å². The van der Waals surface area contributed by atoms with Crippen LogP contribution < -0.4 is 5.73 Å². The second kappa shape index (κ2) is 4.70. The van der Waals surface area contributed by atoms with Crippen molar-refractivity contribution in [3.63, 3.8) is 0 Å². The maximum atomic E-state index is 11.3. The molecule has 2 N–H and O–H groups in total. The molecule has 4 heteroatoms. The Labute approximate surface area is 112 Å². The van der Waals surface area contributed by atoms with E-state index in [0.29, 0.717) is 5.92 Å². The second-order valence-corrected chi connectivity index (χ2v) is 5.44. The molecule has 2 atom stereocenters. The molecule has 1 saturated heterocycles. The number of nitrogens with zero attached hydrogens (tertiary/aromatic N) is 1. The summed E-state index contributed by atoms with van der Waals surface area (Å²) >= 11 is 0. The lowest BCUT2D eigenvalue weighted by atomic mass is 9.98. The van der Waals surface area contributed by atoms with Gasteiger partial charge in [-0.05, 0) is 12.0 Å². The van der Waals surface area contributed by atoms with Crippen LogP contribution in [0.3, 0.4) is 0 Å². The lowest BCUT2D eigenvalue weighted by Gasteiger charge is -2.14. The van der Waals surface area contributed by atoms with Crippen molar-refractivity contribution in [2.24, 2.45) is 17.6 Å². The van der Waals surface area contributed by atoms with Crippen LogP contribution in [0.2, 0.25) is 0 Å². The average Bonchev–Trinajstić information content (AvgIpc) is 2.95. The molecule has 19 heavy (non-hydrogen) atoms. The van der Waals surface area contributed by atoms with Gasteiger partial charge in [0.05, 0.1) is 12.2 Å². The van der Waals surface area contributed by atoms with E-state index in [1.165, 1.54) is 5.56 Å². The van der Waals surface area contributed by atoms with Gasteiger partial charge < -0.3 is 10.2 Å². The predicted molar refractivity (Wildman–Crippen MR) is 73.3 cm³/mol. The van der Waals surface area contributed by atoms with Gasteiger partial charge in [-0.1, -0.05) is 25.1 Å². The number of primary amides is 1. The smallest absolute Gasteiger partial charge is 0.222 e. The number of para-hydroxylation sites is 1. The topological polar surface area (TPSA) is 59.5 Å². The van der Waals surface area contributed by atoms with Crippen LogP contribution in [0.25, 0.3) is 11.0 Å². The molecule has 1 aliphatic heterocycles. The third kappa shape index (κ3) is 2.24. The minimum atomic E-state index is -0.188. The molecule has 0 radical (unpaired) electrons. The number of likely N-dealkylation sites (tertiary alicyclic amines) is 1. The first-order valence-electron chi connectivity index (χ1n) is 6.62. The van der Waals surface area contributed by atoms with E-state index in [1.807, 2.05) is 24.5 Å². The maximum Gasteiger partial charge on any atom is 0.222 e. The molecule has 1 amide bonds. The monoisotopic (exact) mass is 258 g/mol. The van der Waals surface area contributed by atoms with Crippen LogP contribution in [0.4, 0.5) is 0 Å². The fourth-order valence-corrected chi connectivity index (χ4v) is 2.96. The summed E-state index contributed by atoms with van der Waals surface area (Å²) in [5, 5.41) is 1.15. The van der Waals surface area contributed by atoms with Gasteiger partial charge in [-0.25, -0.2) is 0 Å². The number of hydrogen-bond acceptors (Lipinski definition) is 3. The molecule has 1 aromatic heterocycles. The van der Waals surface area contributed by atoms with Crippen molar-refractivity contribution >= 4 is 16.9 Å². The number of carbonyl (C=O) groups is 1. The van der Waals surface area contributed by atoms with Gasteiger partial charge in [0.2, 0.25) is 5.91 Å². The molecule has 3 rings (SSSR count). The van der Waals surface area contributed by atoms with Gasteiger partial charge in [-0.3, -0.25) is 9.69 Å². The van der Waals surface area contributed by atoms with Crippen molar-refractivity contribution in [2.75, 3.05) is 13.1 Å². The Morgan fingerprint density at radius 3 is 2.95 bits per heavy atom. The number of amides is 1. The SMILES string of the molecule is C[C@@H]1CN(Cc2coc3ccccc23)C[C@H]1C(N)=O. The van der Waals surface area contributed by atoms with Gasteiger partial charge in [0, 0.05) is 30.6 Å². The number of benzene rings is 1. The van der Waals surface area contributed by atoms with Crippen LogP contribution in [-0.2, 0) is 11.3 Å². The zero-order valence-corrected chi connectivity index (χ0v) is 11.0. The van der Waals surface area contributed by atoms with Crippen LogP contribution in [0.5, 0.6) is 0 Å². The van der Waals surface area contributed by atoms with Gasteiger partial charge in [0.15, 0.2) is 0 Å². The minimum absolute atomic E-state index is 0.0295. The van der Waals surface area contributed by atoms with Crippen molar-refractivity contribution in [1.29, 1.82) is 0 Å². The zero-order chi connectivity index (χ0) is 13.4. The fourth-order valence-electron chi connectivity index (χ4n) is 2.96. The second-order valence-electron chi connectivity index (χ2n) is 5.44. The minimum Gasteiger partial charge on any atom is -0.464 e. The van der Waals surface area contributed by atoms with Crippen LogP contribution in [0, 0.1) is 11.8 Å².